The molecule has 17 heteroatoms. The monoisotopic (exact) mass is 559 g/mol. The summed E-state index contributed by atoms with van der Waals surface area (Å²) in [4.78, 5) is 11.7. The van der Waals surface area contributed by atoms with Crippen LogP contribution in [-0.2, 0) is 33.2 Å². The third-order valence-corrected chi connectivity index (χ3v) is 6.67. The zero-order chi connectivity index (χ0) is 28.3. The number of ether oxygens (including phenoxy) is 6. The Kier molecular flexibility index (Phi) is 11.1. The Bertz CT molecular complexity index is 759. The minimum Gasteiger partial charge on any atom is -0.394 e. The zero-order valence-corrected chi connectivity index (χ0v) is 20.7. The molecule has 38 heavy (non-hydrogen) atoms. The second kappa shape index (κ2) is 13.5. The van der Waals surface area contributed by atoms with Gasteiger partial charge in [0.15, 0.2) is 18.9 Å². The van der Waals surface area contributed by atoms with Crippen LogP contribution in [-0.4, -0.2) is 171 Å². The molecule has 3 rings (SSSR count). The van der Waals surface area contributed by atoms with Gasteiger partial charge >= 0.3 is 0 Å². The standard InChI is InChI=1S/C21H37NO16/c1-6(24)22-10-14(28)12(26)8(5-35-21-18(32)15(29)11(25)7(3-23)36-21)37-19(10)34-4-9-13(27)16(30)17(31)20(33-2)38-9/h7-21,23,25-32H,3-5H2,1-2H3,(H,22,24)/t7-,8-,9-,10-,11-,12-,13-,14-,15+,16+,17-,18-,19-,20+,21+/m1/s1. The second-order valence-electron chi connectivity index (χ2n) is 9.36. The van der Waals surface area contributed by atoms with E-state index in [1.54, 1.807) is 0 Å². The predicted octanol–water partition coefficient (Wildman–Crippen LogP) is -6.78. The number of methoxy groups -OCH3 is 1. The molecular weight excluding hydrogens is 522 g/mol. The van der Waals surface area contributed by atoms with Crippen molar-refractivity contribution in [1.29, 1.82) is 0 Å². The molecule has 0 spiro atoms. The Balaban J connectivity index is 1.68. The first kappa shape index (κ1) is 31.4. The van der Waals surface area contributed by atoms with Crippen LogP contribution in [0.2, 0.25) is 0 Å². The number of rotatable bonds is 9. The minimum atomic E-state index is -1.72. The molecule has 0 radical (unpaired) electrons. The quantitative estimate of drug-likeness (QED) is 0.126. The maximum absolute atomic E-state index is 11.7. The van der Waals surface area contributed by atoms with Crippen molar-refractivity contribution in [3.63, 3.8) is 0 Å². The van der Waals surface area contributed by atoms with Crippen LogP contribution in [0.3, 0.4) is 0 Å². The number of carbonyl (C=O) groups excluding carboxylic acids is 1. The van der Waals surface area contributed by atoms with Crippen LogP contribution >= 0.6 is 0 Å². The van der Waals surface area contributed by atoms with Crippen LogP contribution in [0.5, 0.6) is 0 Å². The molecule has 3 aliphatic heterocycles. The number of amides is 1. The summed E-state index contributed by atoms with van der Waals surface area (Å²) in [7, 11) is 1.21. The largest absolute Gasteiger partial charge is 0.394 e. The molecule has 17 nitrogen and oxygen atoms in total. The van der Waals surface area contributed by atoms with Crippen LogP contribution in [0.15, 0.2) is 0 Å². The molecule has 3 heterocycles. The van der Waals surface area contributed by atoms with Crippen molar-refractivity contribution < 1.29 is 79.2 Å². The molecule has 3 fully saturated rings. The van der Waals surface area contributed by atoms with Crippen molar-refractivity contribution in [3.05, 3.63) is 0 Å². The summed E-state index contributed by atoms with van der Waals surface area (Å²) in [6, 6.07) is -1.31. The lowest BCUT2D eigenvalue weighted by Crippen LogP contribution is -2.66. The first-order valence-corrected chi connectivity index (χ1v) is 12.0. The number of aliphatic hydroxyl groups is 9. The van der Waals surface area contributed by atoms with Crippen LogP contribution in [0.1, 0.15) is 6.92 Å². The van der Waals surface area contributed by atoms with E-state index in [4.69, 9.17) is 28.4 Å². The van der Waals surface area contributed by atoms with E-state index in [2.05, 4.69) is 5.32 Å². The number of hydrogen-bond acceptors (Lipinski definition) is 16. The lowest BCUT2D eigenvalue weighted by molar-refractivity contribution is -0.330. The summed E-state index contributed by atoms with van der Waals surface area (Å²) in [5, 5.41) is 93.1. The molecule has 10 N–H and O–H groups in total. The summed E-state index contributed by atoms with van der Waals surface area (Å²) in [5.41, 5.74) is 0. The zero-order valence-electron chi connectivity index (χ0n) is 20.7. The molecule has 0 saturated carbocycles. The van der Waals surface area contributed by atoms with Crippen molar-refractivity contribution in [3.8, 4) is 0 Å². The molecule has 0 bridgehead atoms. The van der Waals surface area contributed by atoms with Gasteiger partial charge < -0.3 is 79.7 Å². The van der Waals surface area contributed by atoms with Crippen molar-refractivity contribution in [2.24, 2.45) is 0 Å². The molecule has 0 aliphatic carbocycles. The fourth-order valence-corrected chi connectivity index (χ4v) is 4.43. The number of aliphatic hydroxyl groups excluding tert-OH is 9. The van der Waals surface area contributed by atoms with Gasteiger partial charge in [-0.3, -0.25) is 4.79 Å². The van der Waals surface area contributed by atoms with Gasteiger partial charge in [0.25, 0.3) is 0 Å². The van der Waals surface area contributed by atoms with Gasteiger partial charge in [0, 0.05) is 14.0 Å². The maximum atomic E-state index is 11.7. The van der Waals surface area contributed by atoms with Gasteiger partial charge in [-0.25, -0.2) is 0 Å². The molecule has 1 amide bonds. The predicted molar refractivity (Wildman–Crippen MR) is 118 cm³/mol. The Morgan fingerprint density at radius 2 is 1.11 bits per heavy atom. The summed E-state index contributed by atoms with van der Waals surface area (Å²) in [6.07, 6.45) is -21.2. The van der Waals surface area contributed by atoms with Crippen LogP contribution in [0.4, 0.5) is 0 Å². The molecule has 0 aromatic carbocycles. The smallest absolute Gasteiger partial charge is 0.217 e. The molecule has 3 saturated heterocycles. The summed E-state index contributed by atoms with van der Waals surface area (Å²) in [5.74, 6) is -0.596. The first-order valence-electron chi connectivity index (χ1n) is 12.0. The van der Waals surface area contributed by atoms with E-state index >= 15 is 0 Å². The van der Waals surface area contributed by atoms with E-state index in [-0.39, 0.29) is 0 Å². The maximum Gasteiger partial charge on any atom is 0.217 e. The summed E-state index contributed by atoms with van der Waals surface area (Å²) in [6.45, 7) is -0.564. The average molecular weight is 560 g/mol. The van der Waals surface area contributed by atoms with E-state index in [0.29, 0.717) is 0 Å². The van der Waals surface area contributed by atoms with Gasteiger partial charge in [0.05, 0.1) is 19.8 Å². The molecule has 0 aromatic heterocycles. The first-order chi connectivity index (χ1) is 17.9. The van der Waals surface area contributed by atoms with Crippen molar-refractivity contribution in [2.45, 2.75) is 99.0 Å². The van der Waals surface area contributed by atoms with Crippen LogP contribution in [0.25, 0.3) is 0 Å². The third kappa shape index (κ3) is 6.77. The van der Waals surface area contributed by atoms with Gasteiger partial charge in [-0.1, -0.05) is 0 Å². The topological polar surface area (TPSA) is 267 Å². The van der Waals surface area contributed by atoms with E-state index in [1.807, 2.05) is 0 Å². The van der Waals surface area contributed by atoms with Gasteiger partial charge in [-0.2, -0.15) is 0 Å². The molecule has 222 valence electrons. The van der Waals surface area contributed by atoms with Crippen molar-refractivity contribution in [1.82, 2.24) is 5.32 Å². The average Bonchev–Trinajstić information content (AvgIpc) is 2.89. The van der Waals surface area contributed by atoms with Crippen molar-refractivity contribution in [2.75, 3.05) is 26.9 Å². The SMILES string of the molecule is CO[C@H]1O[C@H](CO[C@@H]2O[C@H](CO[C@H]3O[C@H](CO)[C@@H](O)[C@H](O)[C@H]3O)[C@@H](O)[C@H](O)[C@H]2NC(C)=O)[C@@H](O)[C@H](O)[C@H]1O. The van der Waals surface area contributed by atoms with E-state index < -0.39 is 118 Å². The summed E-state index contributed by atoms with van der Waals surface area (Å²) >= 11 is 0. The highest BCUT2D eigenvalue weighted by atomic mass is 16.7. The van der Waals surface area contributed by atoms with Gasteiger partial charge in [0.1, 0.15) is 73.2 Å². The minimum absolute atomic E-state index is 0.478. The fraction of sp³-hybridized carbons (Fsp3) is 0.952. The van der Waals surface area contributed by atoms with Gasteiger partial charge in [-0.15, -0.1) is 0 Å². The Hall–Kier alpha value is -1.13. The number of hydrogen-bond donors (Lipinski definition) is 10. The lowest BCUT2D eigenvalue weighted by Gasteiger charge is -2.45. The third-order valence-electron chi connectivity index (χ3n) is 6.67. The molecule has 0 unspecified atom stereocenters. The molecule has 15 atom stereocenters. The number of carbonyl (C=O) groups is 1. The highest BCUT2D eigenvalue weighted by molar-refractivity contribution is 5.73. The van der Waals surface area contributed by atoms with Crippen molar-refractivity contribution >= 4 is 5.91 Å². The molecular formula is C21H37NO16. The van der Waals surface area contributed by atoms with Gasteiger partial charge in [0.2, 0.25) is 5.91 Å². The summed E-state index contributed by atoms with van der Waals surface area (Å²) < 4.78 is 32.3. The highest BCUT2D eigenvalue weighted by Gasteiger charge is 2.49. The second-order valence-corrected chi connectivity index (χ2v) is 9.36. The lowest BCUT2D eigenvalue weighted by atomic mass is 9.96. The van der Waals surface area contributed by atoms with Crippen LogP contribution in [0, 0.1) is 0 Å². The van der Waals surface area contributed by atoms with E-state index in [9.17, 15) is 50.8 Å². The van der Waals surface area contributed by atoms with E-state index in [0.717, 1.165) is 6.92 Å². The Morgan fingerprint density at radius 3 is 1.63 bits per heavy atom. The molecule has 3 aliphatic rings. The van der Waals surface area contributed by atoms with Gasteiger partial charge in [-0.05, 0) is 0 Å². The van der Waals surface area contributed by atoms with Crippen LogP contribution < -0.4 is 5.32 Å². The molecule has 0 aromatic rings. The Morgan fingerprint density at radius 1 is 0.658 bits per heavy atom. The van der Waals surface area contributed by atoms with E-state index in [1.165, 1.54) is 7.11 Å². The Labute approximate surface area is 217 Å². The number of nitrogens with one attached hydrogen (secondary N) is 1. The normalized spacial score (nSPS) is 48.0. The highest BCUT2D eigenvalue weighted by Crippen LogP contribution is 2.28. The fourth-order valence-electron chi connectivity index (χ4n) is 4.43.